The standard InChI is InChI=1S/C61H64N4O7P2/c1-37-35-64(53-21-17-45(68-13)33-47(37)53)73(62-25-23-39-27-43(66-11)15-19-51(39)62)71-55-31-41(59(3,4)5)29-49-57(55)70-58-50(61(49,9)10)30-42(60(6,7)8)32-56(58)72-74(63-26-24-40-28-44(67-12)16-20-52(40)63)65-36-38(2)48-34-46(69-14)18-22-54(48)65/h15-36H,1-14H3. The molecule has 0 radical (unpaired) electrons. The van der Waals surface area contributed by atoms with E-state index in [0.717, 1.165) is 100.0 Å². The maximum absolute atomic E-state index is 7.73. The van der Waals surface area contributed by atoms with Gasteiger partial charge in [-0.2, -0.15) is 0 Å². The Labute approximate surface area is 436 Å². The van der Waals surface area contributed by atoms with E-state index in [4.69, 9.17) is 32.7 Å². The zero-order valence-electron chi connectivity index (χ0n) is 44.7. The molecule has 0 amide bonds. The number of fused-ring (bicyclic) bond motifs is 6. The van der Waals surface area contributed by atoms with Crippen LogP contribution in [-0.4, -0.2) is 45.8 Å². The second kappa shape index (κ2) is 18.1. The Morgan fingerprint density at radius 3 is 1.18 bits per heavy atom. The second-order valence-electron chi connectivity index (χ2n) is 21.9. The predicted molar refractivity (Wildman–Crippen MR) is 303 cm³/mol. The summed E-state index contributed by atoms with van der Waals surface area (Å²) >= 11 is 0. The molecule has 0 saturated carbocycles. The molecule has 4 aromatic heterocycles. The van der Waals surface area contributed by atoms with Crippen LogP contribution in [0.3, 0.4) is 0 Å². The van der Waals surface area contributed by atoms with Crippen LogP contribution in [-0.2, 0) is 16.2 Å². The quantitative estimate of drug-likeness (QED) is 0.113. The molecule has 5 heterocycles. The number of ether oxygens (including phenoxy) is 5. The number of aromatic nitrogens is 4. The Balaban J connectivity index is 1.13. The van der Waals surface area contributed by atoms with Crippen LogP contribution in [0.1, 0.15) is 88.8 Å². The number of nitrogens with zero attached hydrogens (tertiary/aromatic N) is 4. The van der Waals surface area contributed by atoms with Gasteiger partial charge >= 0.3 is 16.9 Å². The molecular weight excluding hydrogens is 963 g/mol. The van der Waals surface area contributed by atoms with E-state index >= 15 is 0 Å². The van der Waals surface area contributed by atoms with Crippen molar-refractivity contribution >= 4 is 60.5 Å². The van der Waals surface area contributed by atoms with E-state index in [1.54, 1.807) is 28.4 Å². The molecular formula is C61H64N4O7P2. The fourth-order valence-electron chi connectivity index (χ4n) is 10.2. The van der Waals surface area contributed by atoms with Gasteiger partial charge in [0.15, 0.2) is 23.0 Å². The van der Waals surface area contributed by atoms with Crippen molar-refractivity contribution in [1.82, 2.24) is 17.4 Å². The van der Waals surface area contributed by atoms with Gasteiger partial charge in [-0.05, 0) is 144 Å². The molecule has 74 heavy (non-hydrogen) atoms. The molecule has 1 aliphatic heterocycles. The Bertz CT molecular complexity index is 3580. The highest BCUT2D eigenvalue weighted by Gasteiger charge is 2.42. The minimum atomic E-state index is -1.68. The van der Waals surface area contributed by atoms with Gasteiger partial charge in [-0.25, -0.2) is 0 Å². The smallest absolute Gasteiger partial charge is 0.318 e. The zero-order chi connectivity index (χ0) is 52.2. The highest BCUT2D eigenvalue weighted by atomic mass is 31.2. The minimum absolute atomic E-state index is 0.237. The first-order valence-corrected chi connectivity index (χ1v) is 27.3. The Hall–Kier alpha value is -7.06. The SMILES string of the molecule is COc1ccc2c(ccn2P(Oc2cc(C(C)(C)C)cc3c2Oc2c(OP(n4ccc5cc(OC)ccc54)n4cc(C)c5cc(OC)ccc54)cc(C(C)(C)C)cc2C3(C)C)n2cc(C)c3cc(OC)ccc32)c1. The van der Waals surface area contributed by atoms with E-state index < -0.39 is 22.3 Å². The van der Waals surface area contributed by atoms with Crippen LogP contribution < -0.4 is 32.7 Å². The van der Waals surface area contributed by atoms with Crippen molar-refractivity contribution in [3.8, 4) is 46.0 Å². The molecule has 0 bridgehead atoms. The molecule has 6 aromatic carbocycles. The maximum Gasteiger partial charge on any atom is 0.318 e. The minimum Gasteiger partial charge on any atom is -0.497 e. The van der Waals surface area contributed by atoms with Gasteiger partial charge in [0.25, 0.3) is 0 Å². The number of hydrogen-bond acceptors (Lipinski definition) is 7. The predicted octanol–water partition coefficient (Wildman–Crippen LogP) is 16.6. The van der Waals surface area contributed by atoms with Crippen LogP contribution in [0.15, 0.2) is 134 Å². The lowest BCUT2D eigenvalue weighted by molar-refractivity contribution is 0.382. The molecule has 2 unspecified atom stereocenters. The van der Waals surface area contributed by atoms with Gasteiger partial charge in [0.1, 0.15) is 23.0 Å². The lowest BCUT2D eigenvalue weighted by atomic mass is 9.72. The van der Waals surface area contributed by atoms with E-state index in [2.05, 4.69) is 196 Å². The van der Waals surface area contributed by atoms with Crippen LogP contribution >= 0.6 is 16.9 Å². The van der Waals surface area contributed by atoms with Crippen molar-refractivity contribution in [2.75, 3.05) is 28.4 Å². The fourth-order valence-corrected chi connectivity index (χ4v) is 13.9. The van der Waals surface area contributed by atoms with E-state index in [0.29, 0.717) is 23.0 Å². The number of hydrogen-bond donors (Lipinski definition) is 0. The summed E-state index contributed by atoms with van der Waals surface area (Å²) in [5.74, 6) is 5.76. The molecule has 1 aliphatic rings. The molecule has 2 atom stereocenters. The highest BCUT2D eigenvalue weighted by Crippen LogP contribution is 2.61. The lowest BCUT2D eigenvalue weighted by Crippen LogP contribution is -2.27. The average molecular weight is 1030 g/mol. The summed E-state index contributed by atoms with van der Waals surface area (Å²) in [5, 5.41) is 4.25. The van der Waals surface area contributed by atoms with Gasteiger partial charge in [-0.3, -0.25) is 17.4 Å². The van der Waals surface area contributed by atoms with Crippen molar-refractivity contribution in [2.24, 2.45) is 0 Å². The second-order valence-corrected chi connectivity index (χ2v) is 25.0. The Morgan fingerprint density at radius 2 is 0.811 bits per heavy atom. The van der Waals surface area contributed by atoms with E-state index in [1.807, 2.05) is 24.3 Å². The molecule has 0 fully saturated rings. The van der Waals surface area contributed by atoms with Crippen molar-refractivity contribution in [3.05, 3.63) is 167 Å². The summed E-state index contributed by atoms with van der Waals surface area (Å²) in [4.78, 5) is 0. The number of rotatable bonds is 12. The van der Waals surface area contributed by atoms with E-state index in [9.17, 15) is 0 Å². The molecule has 13 heteroatoms. The van der Waals surface area contributed by atoms with Crippen molar-refractivity contribution in [2.45, 2.75) is 85.5 Å². The summed E-state index contributed by atoms with van der Waals surface area (Å²) in [6.45, 7) is 22.4. The van der Waals surface area contributed by atoms with Crippen molar-refractivity contribution in [3.63, 3.8) is 0 Å². The third-order valence-electron chi connectivity index (χ3n) is 14.6. The lowest BCUT2D eigenvalue weighted by Gasteiger charge is -2.39. The molecule has 0 spiro atoms. The van der Waals surface area contributed by atoms with Gasteiger partial charge < -0.3 is 32.7 Å². The first-order valence-electron chi connectivity index (χ1n) is 24.9. The number of benzene rings is 6. The molecule has 0 saturated heterocycles. The van der Waals surface area contributed by atoms with Crippen LogP contribution in [0.25, 0.3) is 43.6 Å². The van der Waals surface area contributed by atoms with Crippen molar-refractivity contribution in [1.29, 1.82) is 0 Å². The average Bonchev–Trinajstić information content (AvgIpc) is 4.16. The number of methoxy groups -OCH3 is 4. The monoisotopic (exact) mass is 1030 g/mol. The topological polar surface area (TPSA) is 84.3 Å². The van der Waals surface area contributed by atoms with E-state index in [-0.39, 0.29) is 10.8 Å². The summed E-state index contributed by atoms with van der Waals surface area (Å²) in [6.07, 6.45) is 8.62. The molecule has 0 N–H and O–H groups in total. The van der Waals surface area contributed by atoms with Crippen LogP contribution in [0.2, 0.25) is 0 Å². The highest BCUT2D eigenvalue weighted by molar-refractivity contribution is 7.50. The third kappa shape index (κ3) is 8.29. The maximum atomic E-state index is 7.73. The zero-order valence-corrected chi connectivity index (χ0v) is 46.5. The summed E-state index contributed by atoms with van der Waals surface area (Å²) in [6, 6.07) is 38.1. The third-order valence-corrected chi connectivity index (χ3v) is 18.2. The normalized spacial score (nSPS) is 14.2. The summed E-state index contributed by atoms with van der Waals surface area (Å²) in [5.41, 5.74) is 9.58. The van der Waals surface area contributed by atoms with Gasteiger partial charge in [-0.1, -0.05) is 67.5 Å². The summed E-state index contributed by atoms with van der Waals surface area (Å²) < 4.78 is 54.9. The fraction of sp³-hybridized carbons (Fsp3) is 0.279. The summed E-state index contributed by atoms with van der Waals surface area (Å²) in [7, 11) is 3.46. The first kappa shape index (κ1) is 49.2. The van der Waals surface area contributed by atoms with Crippen LogP contribution in [0, 0.1) is 13.8 Å². The first-order chi connectivity index (χ1) is 35.3. The van der Waals surface area contributed by atoms with Gasteiger partial charge in [0.05, 0.1) is 50.5 Å². The Kier molecular flexibility index (Phi) is 12.0. The van der Waals surface area contributed by atoms with Gasteiger partial charge in [0.2, 0.25) is 0 Å². The van der Waals surface area contributed by atoms with Crippen molar-refractivity contribution < 1.29 is 32.7 Å². The molecule has 380 valence electrons. The molecule has 10 aromatic rings. The largest absolute Gasteiger partial charge is 0.497 e. The molecule has 0 aliphatic carbocycles. The van der Waals surface area contributed by atoms with Crippen LogP contribution in [0.5, 0.6) is 46.0 Å². The molecule has 11 nitrogen and oxygen atoms in total. The van der Waals surface area contributed by atoms with Gasteiger partial charge in [0, 0.05) is 62.9 Å². The number of aryl methyl sites for hydroxylation is 2. The van der Waals surface area contributed by atoms with E-state index in [1.165, 1.54) is 0 Å². The van der Waals surface area contributed by atoms with Crippen LogP contribution in [0.4, 0.5) is 0 Å². The Morgan fingerprint density at radius 1 is 0.446 bits per heavy atom. The van der Waals surface area contributed by atoms with Gasteiger partial charge in [-0.15, -0.1) is 0 Å². The molecule has 11 rings (SSSR count).